The molecule has 2 heterocycles. The van der Waals surface area contributed by atoms with E-state index in [1.807, 2.05) is 10.9 Å². The summed E-state index contributed by atoms with van der Waals surface area (Å²) in [7, 11) is -3.36. The minimum atomic E-state index is -3.36. The van der Waals surface area contributed by atoms with E-state index in [-0.39, 0.29) is 11.2 Å². The smallest absolute Gasteiger partial charge is 0.219 e. The van der Waals surface area contributed by atoms with Gasteiger partial charge in [-0.25, -0.2) is 21.8 Å². The van der Waals surface area contributed by atoms with E-state index in [9.17, 15) is 12.8 Å². The van der Waals surface area contributed by atoms with Crippen LogP contribution in [0.1, 0.15) is 45.4 Å². The summed E-state index contributed by atoms with van der Waals surface area (Å²) in [6, 6.07) is 6.29. The van der Waals surface area contributed by atoms with Crippen molar-refractivity contribution in [2.24, 2.45) is 5.41 Å². The van der Waals surface area contributed by atoms with Crippen molar-refractivity contribution >= 4 is 16.1 Å². The number of halogens is 1. The maximum atomic E-state index is 13.3. The van der Waals surface area contributed by atoms with Crippen LogP contribution in [-0.4, -0.2) is 40.3 Å². The van der Waals surface area contributed by atoms with Crippen LogP contribution in [0.2, 0.25) is 0 Å². The predicted molar refractivity (Wildman–Crippen MR) is 108 cm³/mol. The molecule has 1 aliphatic heterocycles. The number of hydrogen-bond acceptors (Lipinski definition) is 3. The standard InChI is InChI=1S/C21H26FN3O2S/c1-20(2,3)28(26,27)24-10-9-16-11-19-15(12-21(16,4)14-24)13-23-25(19)18-7-5-17(22)6-8-18/h5-8,11,13H,9-10,12,14H2,1-4H3/t21-/m1/s1. The van der Waals surface area contributed by atoms with Gasteiger partial charge in [-0.05, 0) is 69.5 Å². The molecular weight excluding hydrogens is 377 g/mol. The van der Waals surface area contributed by atoms with E-state index < -0.39 is 14.8 Å². The predicted octanol–water partition coefficient (Wildman–Crippen LogP) is 3.79. The van der Waals surface area contributed by atoms with E-state index in [4.69, 9.17) is 0 Å². The van der Waals surface area contributed by atoms with Crippen molar-refractivity contribution in [2.75, 3.05) is 13.1 Å². The van der Waals surface area contributed by atoms with Crippen molar-refractivity contribution in [3.63, 3.8) is 0 Å². The molecule has 2 aliphatic rings. The summed E-state index contributed by atoms with van der Waals surface area (Å²) in [5, 5.41) is 4.51. The lowest BCUT2D eigenvalue weighted by Gasteiger charge is -2.45. The fraction of sp³-hybridized carbons (Fsp3) is 0.476. The Morgan fingerprint density at radius 3 is 2.50 bits per heavy atom. The van der Waals surface area contributed by atoms with Crippen molar-refractivity contribution in [3.8, 4) is 5.69 Å². The third kappa shape index (κ3) is 3.01. The summed E-state index contributed by atoms with van der Waals surface area (Å²) in [5.41, 5.74) is 3.93. The van der Waals surface area contributed by atoms with Gasteiger partial charge in [0.1, 0.15) is 5.82 Å². The Balaban J connectivity index is 1.68. The van der Waals surface area contributed by atoms with Crippen LogP contribution < -0.4 is 0 Å². The highest BCUT2D eigenvalue weighted by Gasteiger charge is 2.45. The number of fused-ring (bicyclic) bond motifs is 2. The molecular formula is C21H26FN3O2S. The monoisotopic (exact) mass is 403 g/mol. The zero-order chi connectivity index (χ0) is 20.3. The topological polar surface area (TPSA) is 55.2 Å². The van der Waals surface area contributed by atoms with Gasteiger partial charge in [0.2, 0.25) is 10.0 Å². The van der Waals surface area contributed by atoms with Crippen LogP contribution in [0.3, 0.4) is 0 Å². The highest BCUT2D eigenvalue weighted by Crippen LogP contribution is 2.45. The van der Waals surface area contributed by atoms with Crippen LogP contribution in [0.15, 0.2) is 36.0 Å². The molecule has 150 valence electrons. The lowest BCUT2D eigenvalue weighted by Crippen LogP contribution is -2.52. The van der Waals surface area contributed by atoms with E-state index in [0.29, 0.717) is 19.5 Å². The number of piperidine rings is 1. The first-order valence-electron chi connectivity index (χ1n) is 9.55. The average Bonchev–Trinajstić information content (AvgIpc) is 3.00. The summed E-state index contributed by atoms with van der Waals surface area (Å²) in [5.74, 6) is -0.275. The molecule has 1 aliphatic carbocycles. The number of aromatic nitrogens is 2. The minimum absolute atomic E-state index is 0.236. The van der Waals surface area contributed by atoms with E-state index >= 15 is 0 Å². The Hall–Kier alpha value is -1.99. The molecule has 7 heteroatoms. The molecule has 0 unspecified atom stereocenters. The first-order chi connectivity index (χ1) is 13.0. The van der Waals surface area contributed by atoms with Gasteiger partial charge in [0, 0.05) is 18.5 Å². The highest BCUT2D eigenvalue weighted by atomic mass is 32.2. The Labute approximate surface area is 165 Å². The summed E-state index contributed by atoms with van der Waals surface area (Å²) in [6.45, 7) is 8.38. The molecule has 1 atom stereocenters. The van der Waals surface area contributed by atoms with Crippen molar-refractivity contribution in [2.45, 2.75) is 45.3 Å². The molecule has 1 aromatic carbocycles. The van der Waals surface area contributed by atoms with E-state index in [0.717, 1.165) is 23.4 Å². The normalized spacial score (nSPS) is 23.1. The summed E-state index contributed by atoms with van der Waals surface area (Å²) < 4.78 is 41.8. The Morgan fingerprint density at radius 2 is 1.86 bits per heavy atom. The van der Waals surface area contributed by atoms with Crippen molar-refractivity contribution in [1.29, 1.82) is 0 Å². The molecule has 0 N–H and O–H groups in total. The zero-order valence-corrected chi connectivity index (χ0v) is 17.6. The summed E-state index contributed by atoms with van der Waals surface area (Å²) in [4.78, 5) is 0. The van der Waals surface area contributed by atoms with Gasteiger partial charge in [0.05, 0.1) is 22.3 Å². The molecule has 2 aromatic rings. The molecule has 0 spiro atoms. The van der Waals surface area contributed by atoms with E-state index in [2.05, 4.69) is 18.1 Å². The second-order valence-corrected chi connectivity index (χ2v) is 11.7. The quantitative estimate of drug-likeness (QED) is 0.767. The first kappa shape index (κ1) is 19.3. The zero-order valence-electron chi connectivity index (χ0n) is 16.7. The van der Waals surface area contributed by atoms with Crippen LogP contribution in [0.25, 0.3) is 11.8 Å². The number of sulfonamides is 1. The number of benzene rings is 1. The third-order valence-corrected chi connectivity index (χ3v) is 8.43. The van der Waals surface area contributed by atoms with Gasteiger partial charge in [0.25, 0.3) is 0 Å². The van der Waals surface area contributed by atoms with Gasteiger partial charge < -0.3 is 0 Å². The fourth-order valence-corrected chi connectivity index (χ4v) is 5.74. The summed E-state index contributed by atoms with van der Waals surface area (Å²) in [6.07, 6.45) is 5.44. The van der Waals surface area contributed by atoms with Gasteiger partial charge in [-0.2, -0.15) is 5.10 Å². The van der Waals surface area contributed by atoms with Gasteiger partial charge in [-0.1, -0.05) is 12.5 Å². The van der Waals surface area contributed by atoms with E-state index in [1.165, 1.54) is 17.7 Å². The average molecular weight is 404 g/mol. The van der Waals surface area contributed by atoms with Crippen LogP contribution >= 0.6 is 0 Å². The second-order valence-electron chi connectivity index (χ2n) is 9.05. The molecule has 28 heavy (non-hydrogen) atoms. The van der Waals surface area contributed by atoms with Crippen LogP contribution in [-0.2, 0) is 16.4 Å². The van der Waals surface area contributed by atoms with Gasteiger partial charge in [-0.3, -0.25) is 0 Å². The SMILES string of the molecule is CC(C)(C)S(=O)(=O)N1CCC2=Cc3c(cnn3-c3ccc(F)cc3)C[C@]2(C)C1. The lowest BCUT2D eigenvalue weighted by molar-refractivity contribution is 0.228. The first-order valence-corrected chi connectivity index (χ1v) is 11.0. The number of nitrogens with zero attached hydrogens (tertiary/aromatic N) is 3. The highest BCUT2D eigenvalue weighted by molar-refractivity contribution is 7.90. The molecule has 4 rings (SSSR count). The molecule has 0 saturated carbocycles. The molecule has 1 aromatic heterocycles. The van der Waals surface area contributed by atoms with Gasteiger partial charge in [-0.15, -0.1) is 0 Å². The Bertz CT molecular complexity index is 1050. The molecule has 1 saturated heterocycles. The maximum Gasteiger partial charge on any atom is 0.219 e. The summed E-state index contributed by atoms with van der Waals surface area (Å²) >= 11 is 0. The van der Waals surface area contributed by atoms with Crippen LogP contribution in [0.5, 0.6) is 0 Å². The number of hydrogen-bond donors (Lipinski definition) is 0. The molecule has 0 radical (unpaired) electrons. The molecule has 0 bridgehead atoms. The Morgan fingerprint density at radius 1 is 1.18 bits per heavy atom. The van der Waals surface area contributed by atoms with Crippen LogP contribution in [0.4, 0.5) is 4.39 Å². The van der Waals surface area contributed by atoms with Crippen molar-refractivity contribution < 1.29 is 12.8 Å². The van der Waals surface area contributed by atoms with Gasteiger partial charge >= 0.3 is 0 Å². The third-order valence-electron chi connectivity index (χ3n) is 5.89. The second kappa shape index (κ2) is 6.26. The Kier molecular flexibility index (Phi) is 4.32. The molecule has 1 fully saturated rings. The van der Waals surface area contributed by atoms with Gasteiger partial charge in [0.15, 0.2) is 0 Å². The molecule has 5 nitrogen and oxygen atoms in total. The van der Waals surface area contributed by atoms with E-state index in [1.54, 1.807) is 37.2 Å². The molecule has 0 amide bonds. The number of rotatable bonds is 2. The largest absolute Gasteiger partial charge is 0.233 e. The maximum absolute atomic E-state index is 13.3. The minimum Gasteiger partial charge on any atom is -0.233 e. The fourth-order valence-electron chi connectivity index (χ4n) is 4.18. The van der Waals surface area contributed by atoms with Crippen molar-refractivity contribution in [1.82, 2.24) is 14.1 Å². The van der Waals surface area contributed by atoms with Crippen molar-refractivity contribution in [3.05, 3.63) is 53.1 Å². The lowest BCUT2D eigenvalue weighted by atomic mass is 9.70. The van der Waals surface area contributed by atoms with Crippen LogP contribution in [0, 0.1) is 11.2 Å².